The van der Waals surface area contributed by atoms with Crippen LogP contribution in [0.5, 0.6) is 0 Å². The predicted molar refractivity (Wildman–Crippen MR) is 57.5 cm³/mol. The summed E-state index contributed by atoms with van der Waals surface area (Å²) in [5.41, 5.74) is 5.62. The zero-order valence-corrected chi connectivity index (χ0v) is 8.67. The number of nitrogens with zero attached hydrogens (tertiary/aromatic N) is 3. The summed E-state index contributed by atoms with van der Waals surface area (Å²) in [6.07, 6.45) is 5.14. The summed E-state index contributed by atoms with van der Waals surface area (Å²) in [4.78, 5) is 10.2. The quantitative estimate of drug-likeness (QED) is 0.770. The second kappa shape index (κ2) is 4.00. The van der Waals surface area contributed by atoms with Gasteiger partial charge in [0.15, 0.2) is 5.82 Å². The molecule has 1 aromatic rings. The van der Waals surface area contributed by atoms with Crippen LogP contribution in [0.15, 0.2) is 6.33 Å². The summed E-state index contributed by atoms with van der Waals surface area (Å²) in [7, 11) is 0. The Morgan fingerprint density at radius 1 is 1.21 bits per heavy atom. The lowest BCUT2D eigenvalue weighted by atomic mass is 10.1. The van der Waals surface area contributed by atoms with Crippen molar-refractivity contribution in [1.82, 2.24) is 9.97 Å². The van der Waals surface area contributed by atoms with E-state index in [0.717, 1.165) is 18.9 Å². The van der Waals surface area contributed by atoms with Crippen molar-refractivity contribution < 1.29 is 0 Å². The standard InChI is InChI=1S/C9H13ClN4/c10-7-8(11)12-6-13-9(7)14-4-2-1-3-5-14/h6H,1-5H2,(H2,11,12,13). The third-order valence-corrected chi connectivity index (χ3v) is 2.82. The number of nitrogen functional groups attached to an aromatic ring is 1. The molecule has 1 fully saturated rings. The average Bonchev–Trinajstić information content (AvgIpc) is 2.23. The molecule has 0 unspecified atom stereocenters. The van der Waals surface area contributed by atoms with E-state index >= 15 is 0 Å². The molecular formula is C9H13ClN4. The molecule has 14 heavy (non-hydrogen) atoms. The summed E-state index contributed by atoms with van der Waals surface area (Å²) in [6, 6.07) is 0. The van der Waals surface area contributed by atoms with E-state index in [2.05, 4.69) is 14.9 Å². The lowest BCUT2D eigenvalue weighted by molar-refractivity contribution is 0.573. The summed E-state index contributed by atoms with van der Waals surface area (Å²) in [6.45, 7) is 2.02. The van der Waals surface area contributed by atoms with Crippen molar-refractivity contribution in [2.75, 3.05) is 23.7 Å². The van der Waals surface area contributed by atoms with Gasteiger partial charge in [-0.15, -0.1) is 0 Å². The molecule has 5 heteroatoms. The van der Waals surface area contributed by atoms with Crippen LogP contribution in [0.1, 0.15) is 19.3 Å². The molecule has 0 saturated carbocycles. The third kappa shape index (κ3) is 1.75. The zero-order valence-electron chi connectivity index (χ0n) is 7.91. The van der Waals surface area contributed by atoms with E-state index < -0.39 is 0 Å². The number of hydrogen-bond donors (Lipinski definition) is 1. The van der Waals surface area contributed by atoms with Gasteiger partial charge in [-0.1, -0.05) is 11.6 Å². The van der Waals surface area contributed by atoms with Crippen molar-refractivity contribution in [3.63, 3.8) is 0 Å². The van der Waals surface area contributed by atoms with E-state index in [4.69, 9.17) is 17.3 Å². The highest BCUT2D eigenvalue weighted by atomic mass is 35.5. The number of anilines is 2. The largest absolute Gasteiger partial charge is 0.382 e. The smallest absolute Gasteiger partial charge is 0.153 e. The molecule has 1 aromatic heterocycles. The third-order valence-electron chi connectivity index (χ3n) is 2.45. The average molecular weight is 213 g/mol. The first-order valence-corrected chi connectivity index (χ1v) is 5.18. The Bertz CT molecular complexity index is 323. The summed E-state index contributed by atoms with van der Waals surface area (Å²) < 4.78 is 0. The maximum absolute atomic E-state index is 6.03. The minimum atomic E-state index is 0.363. The lowest BCUT2D eigenvalue weighted by Gasteiger charge is -2.28. The molecule has 2 heterocycles. The number of piperidine rings is 1. The van der Waals surface area contributed by atoms with Gasteiger partial charge in [-0.05, 0) is 19.3 Å². The molecule has 1 saturated heterocycles. The van der Waals surface area contributed by atoms with Crippen molar-refractivity contribution in [1.29, 1.82) is 0 Å². The monoisotopic (exact) mass is 212 g/mol. The predicted octanol–water partition coefficient (Wildman–Crippen LogP) is 1.70. The van der Waals surface area contributed by atoms with Gasteiger partial charge in [0.05, 0.1) is 0 Å². The van der Waals surface area contributed by atoms with Gasteiger partial charge in [-0.25, -0.2) is 9.97 Å². The van der Waals surface area contributed by atoms with Crippen molar-refractivity contribution in [2.45, 2.75) is 19.3 Å². The van der Waals surface area contributed by atoms with E-state index in [0.29, 0.717) is 10.8 Å². The van der Waals surface area contributed by atoms with Crippen molar-refractivity contribution in [3.05, 3.63) is 11.3 Å². The van der Waals surface area contributed by atoms with E-state index in [9.17, 15) is 0 Å². The second-order valence-corrected chi connectivity index (χ2v) is 3.82. The first-order valence-electron chi connectivity index (χ1n) is 4.80. The first kappa shape index (κ1) is 9.52. The first-order chi connectivity index (χ1) is 6.79. The molecule has 0 aromatic carbocycles. The molecule has 1 aliphatic heterocycles. The summed E-state index contributed by atoms with van der Waals surface area (Å²) in [5, 5.41) is 0.481. The number of aromatic nitrogens is 2. The van der Waals surface area contributed by atoms with Crippen LogP contribution in [0.3, 0.4) is 0 Å². The number of nitrogens with two attached hydrogens (primary N) is 1. The van der Waals surface area contributed by atoms with Crippen molar-refractivity contribution in [3.8, 4) is 0 Å². The Morgan fingerprint density at radius 3 is 2.64 bits per heavy atom. The Labute approximate surface area is 88.1 Å². The summed E-state index contributed by atoms with van der Waals surface area (Å²) >= 11 is 6.03. The van der Waals surface area contributed by atoms with Gasteiger partial charge < -0.3 is 10.6 Å². The SMILES string of the molecule is Nc1ncnc(N2CCCCC2)c1Cl. The molecule has 76 valence electrons. The maximum Gasteiger partial charge on any atom is 0.153 e. The zero-order chi connectivity index (χ0) is 9.97. The van der Waals surface area contributed by atoms with Gasteiger partial charge in [0.1, 0.15) is 17.2 Å². The van der Waals surface area contributed by atoms with Gasteiger partial charge >= 0.3 is 0 Å². The maximum atomic E-state index is 6.03. The van der Waals surface area contributed by atoms with Crippen LogP contribution < -0.4 is 10.6 Å². The highest BCUT2D eigenvalue weighted by molar-refractivity contribution is 6.35. The molecule has 0 radical (unpaired) electrons. The molecule has 0 aliphatic carbocycles. The van der Waals surface area contributed by atoms with Gasteiger partial charge in [0, 0.05) is 13.1 Å². The molecule has 2 N–H and O–H groups in total. The van der Waals surface area contributed by atoms with Gasteiger partial charge in [0.25, 0.3) is 0 Å². The Hall–Kier alpha value is -1.03. The molecule has 0 atom stereocenters. The molecule has 1 aliphatic rings. The van der Waals surface area contributed by atoms with Crippen LogP contribution in [-0.4, -0.2) is 23.1 Å². The minimum absolute atomic E-state index is 0.363. The molecule has 4 nitrogen and oxygen atoms in total. The van der Waals surface area contributed by atoms with Crippen LogP contribution in [0.2, 0.25) is 5.02 Å². The van der Waals surface area contributed by atoms with Crippen LogP contribution in [0.4, 0.5) is 11.6 Å². The van der Waals surface area contributed by atoms with Crippen molar-refractivity contribution >= 4 is 23.2 Å². The Morgan fingerprint density at radius 2 is 1.93 bits per heavy atom. The van der Waals surface area contributed by atoms with Gasteiger partial charge in [-0.2, -0.15) is 0 Å². The van der Waals surface area contributed by atoms with E-state index in [-0.39, 0.29) is 0 Å². The molecule has 0 amide bonds. The topological polar surface area (TPSA) is 55.0 Å². The Kier molecular flexibility index (Phi) is 2.72. The fourth-order valence-electron chi connectivity index (χ4n) is 1.70. The number of hydrogen-bond acceptors (Lipinski definition) is 4. The van der Waals surface area contributed by atoms with Crippen LogP contribution in [0, 0.1) is 0 Å². The molecule has 2 rings (SSSR count). The highest BCUT2D eigenvalue weighted by Crippen LogP contribution is 2.28. The van der Waals surface area contributed by atoms with Crippen LogP contribution in [0.25, 0.3) is 0 Å². The minimum Gasteiger partial charge on any atom is -0.382 e. The van der Waals surface area contributed by atoms with Crippen LogP contribution in [-0.2, 0) is 0 Å². The lowest BCUT2D eigenvalue weighted by Crippen LogP contribution is -2.30. The normalized spacial score (nSPS) is 17.1. The number of rotatable bonds is 1. The van der Waals surface area contributed by atoms with E-state index in [1.807, 2.05) is 0 Å². The van der Waals surface area contributed by atoms with E-state index in [1.54, 1.807) is 0 Å². The Balaban J connectivity index is 2.26. The van der Waals surface area contributed by atoms with Crippen molar-refractivity contribution in [2.24, 2.45) is 0 Å². The molecule has 0 spiro atoms. The van der Waals surface area contributed by atoms with Gasteiger partial charge in [-0.3, -0.25) is 0 Å². The van der Waals surface area contributed by atoms with Gasteiger partial charge in [0.2, 0.25) is 0 Å². The molecular weight excluding hydrogens is 200 g/mol. The fourth-order valence-corrected chi connectivity index (χ4v) is 1.92. The summed E-state index contributed by atoms with van der Waals surface area (Å²) in [5.74, 6) is 1.14. The van der Waals surface area contributed by atoms with Crippen LogP contribution >= 0.6 is 11.6 Å². The number of halogens is 1. The second-order valence-electron chi connectivity index (χ2n) is 3.44. The highest BCUT2D eigenvalue weighted by Gasteiger charge is 2.16. The van der Waals surface area contributed by atoms with E-state index in [1.165, 1.54) is 25.6 Å². The molecule has 0 bridgehead atoms. The fraction of sp³-hybridized carbons (Fsp3) is 0.556.